The number of sulfonamides is 1. The molecule has 1 aromatic carbocycles. The van der Waals surface area contributed by atoms with Crippen LogP contribution in [0.15, 0.2) is 17.0 Å². The Morgan fingerprint density at radius 3 is 2.50 bits per heavy atom. The summed E-state index contributed by atoms with van der Waals surface area (Å²) in [5, 5.41) is 2.25. The molecule has 1 rings (SSSR count). The molecule has 112 valence electrons. The van der Waals surface area contributed by atoms with Gasteiger partial charge < -0.3 is 11.1 Å². The summed E-state index contributed by atoms with van der Waals surface area (Å²) in [6, 6.07) is 1.50. The van der Waals surface area contributed by atoms with E-state index in [0.717, 1.165) is 10.4 Å². The van der Waals surface area contributed by atoms with Crippen molar-refractivity contribution in [2.24, 2.45) is 0 Å². The van der Waals surface area contributed by atoms with Crippen molar-refractivity contribution in [1.82, 2.24) is 9.62 Å². The monoisotopic (exact) mass is 307 g/mol. The minimum atomic E-state index is -4.35. The summed E-state index contributed by atoms with van der Waals surface area (Å²) in [4.78, 5) is 10.4. The summed E-state index contributed by atoms with van der Waals surface area (Å²) < 4.78 is 52.1. The first-order chi connectivity index (χ1) is 9.23. The molecule has 20 heavy (non-hydrogen) atoms. The summed E-state index contributed by atoms with van der Waals surface area (Å²) in [7, 11) is -3.02. The lowest BCUT2D eigenvalue weighted by Gasteiger charge is -2.20. The number of nitrogens with two attached hydrogens (primary N) is 1. The number of nitrogen functional groups attached to an aromatic ring is 1. The zero-order valence-corrected chi connectivity index (χ0v) is 11.8. The van der Waals surface area contributed by atoms with E-state index in [2.05, 4.69) is 5.32 Å². The number of rotatable bonds is 5. The number of benzene rings is 1. The fourth-order valence-electron chi connectivity index (χ4n) is 1.52. The second kappa shape index (κ2) is 6.14. The molecule has 0 aliphatic carbocycles. The Labute approximate surface area is 115 Å². The van der Waals surface area contributed by atoms with Crippen molar-refractivity contribution in [3.05, 3.63) is 23.8 Å². The first kappa shape index (κ1) is 16.3. The number of nitrogens with zero attached hydrogens (tertiary/aromatic N) is 1. The Hall–Kier alpha value is -1.74. The van der Waals surface area contributed by atoms with Gasteiger partial charge in [-0.1, -0.05) is 6.92 Å². The van der Waals surface area contributed by atoms with E-state index in [1.165, 1.54) is 14.0 Å². The highest BCUT2D eigenvalue weighted by Gasteiger charge is 2.29. The van der Waals surface area contributed by atoms with Gasteiger partial charge in [0, 0.05) is 19.3 Å². The highest BCUT2D eigenvalue weighted by atomic mass is 32.2. The molecule has 0 radical (unpaired) electrons. The number of hydrogen-bond acceptors (Lipinski definition) is 4. The topological polar surface area (TPSA) is 92.5 Å². The zero-order chi connectivity index (χ0) is 15.5. The number of halogens is 2. The van der Waals surface area contributed by atoms with Crippen molar-refractivity contribution in [3.8, 4) is 0 Å². The number of nitrogens with one attached hydrogen (secondary N) is 1. The number of carbonyl (C=O) groups excluding carboxylic acids is 1. The van der Waals surface area contributed by atoms with Gasteiger partial charge in [0.15, 0.2) is 11.6 Å². The van der Waals surface area contributed by atoms with Gasteiger partial charge in [-0.2, -0.15) is 4.31 Å². The number of amides is 1. The third-order valence-electron chi connectivity index (χ3n) is 2.59. The molecule has 0 unspecified atom stereocenters. The average molecular weight is 307 g/mol. The smallest absolute Gasteiger partial charge is 0.246 e. The van der Waals surface area contributed by atoms with E-state index < -0.39 is 39.0 Å². The summed E-state index contributed by atoms with van der Waals surface area (Å²) in [6.45, 7) is 0.901. The molecule has 0 fully saturated rings. The molecule has 0 aromatic heterocycles. The second-order valence-electron chi connectivity index (χ2n) is 3.92. The number of carbonyl (C=O) groups is 1. The maximum Gasteiger partial charge on any atom is 0.246 e. The van der Waals surface area contributed by atoms with Gasteiger partial charge in [0.25, 0.3) is 0 Å². The summed E-state index contributed by atoms with van der Waals surface area (Å²) in [5.74, 6) is -3.45. The number of likely N-dealkylation sites (N-methyl/N-ethyl adjacent to an activating group) is 2. The van der Waals surface area contributed by atoms with Gasteiger partial charge in [0.2, 0.25) is 15.9 Å². The average Bonchev–Trinajstić information content (AvgIpc) is 2.39. The van der Waals surface area contributed by atoms with Crippen molar-refractivity contribution in [1.29, 1.82) is 0 Å². The molecule has 0 bridgehead atoms. The fraction of sp³-hybridized carbons (Fsp3) is 0.364. The van der Waals surface area contributed by atoms with Gasteiger partial charge in [-0.25, -0.2) is 17.2 Å². The van der Waals surface area contributed by atoms with E-state index in [0.29, 0.717) is 6.07 Å². The number of anilines is 1. The van der Waals surface area contributed by atoms with Gasteiger partial charge in [0.1, 0.15) is 4.90 Å². The van der Waals surface area contributed by atoms with E-state index in [1.807, 2.05) is 0 Å². The molecule has 0 aliphatic heterocycles. The van der Waals surface area contributed by atoms with Crippen LogP contribution in [0.2, 0.25) is 0 Å². The standard InChI is InChI=1S/C11H15F2N3O3S/c1-3-16(6-10(17)15-2)20(18,19)9-5-7(14)4-8(12)11(9)13/h4-5H,3,6,14H2,1-2H3,(H,15,17). The quantitative estimate of drug-likeness (QED) is 0.765. The fourth-order valence-corrected chi connectivity index (χ4v) is 3.03. The molecule has 0 saturated heterocycles. The lowest BCUT2D eigenvalue weighted by atomic mass is 10.3. The summed E-state index contributed by atoms with van der Waals surface area (Å²) in [5.41, 5.74) is 5.10. The first-order valence-electron chi connectivity index (χ1n) is 5.69. The lowest BCUT2D eigenvalue weighted by Crippen LogP contribution is -2.39. The normalized spacial score (nSPS) is 11.7. The molecular weight excluding hydrogens is 292 g/mol. The molecule has 0 spiro atoms. The molecule has 1 amide bonds. The SMILES string of the molecule is CCN(CC(=O)NC)S(=O)(=O)c1cc(N)cc(F)c1F. The summed E-state index contributed by atoms with van der Waals surface area (Å²) in [6.07, 6.45) is 0. The Morgan fingerprint density at radius 2 is 2.00 bits per heavy atom. The van der Waals surface area contributed by atoms with Gasteiger partial charge in [-0.15, -0.1) is 0 Å². The number of hydrogen-bond donors (Lipinski definition) is 2. The molecule has 0 aliphatic rings. The van der Waals surface area contributed by atoms with Crippen LogP contribution >= 0.6 is 0 Å². The van der Waals surface area contributed by atoms with Crippen molar-refractivity contribution in [3.63, 3.8) is 0 Å². The third-order valence-corrected chi connectivity index (χ3v) is 4.51. The highest BCUT2D eigenvalue weighted by Crippen LogP contribution is 2.24. The maximum absolute atomic E-state index is 13.7. The van der Waals surface area contributed by atoms with Crippen LogP contribution in [-0.2, 0) is 14.8 Å². The molecular formula is C11H15F2N3O3S. The van der Waals surface area contributed by atoms with E-state index in [1.54, 1.807) is 0 Å². The Balaban J connectivity index is 3.31. The third kappa shape index (κ3) is 3.23. The minimum absolute atomic E-state index is 0.0778. The molecule has 1 aromatic rings. The van der Waals surface area contributed by atoms with Crippen molar-refractivity contribution in [2.75, 3.05) is 25.9 Å². The van der Waals surface area contributed by atoms with Crippen LogP contribution in [0.5, 0.6) is 0 Å². The van der Waals surface area contributed by atoms with Crippen LogP contribution in [0.3, 0.4) is 0 Å². The van der Waals surface area contributed by atoms with Gasteiger partial charge in [-0.05, 0) is 12.1 Å². The molecule has 6 nitrogen and oxygen atoms in total. The first-order valence-corrected chi connectivity index (χ1v) is 7.13. The van der Waals surface area contributed by atoms with Crippen LogP contribution in [0.4, 0.5) is 14.5 Å². The van der Waals surface area contributed by atoms with E-state index in [4.69, 9.17) is 5.73 Å². The largest absolute Gasteiger partial charge is 0.399 e. The van der Waals surface area contributed by atoms with Gasteiger partial charge in [0.05, 0.1) is 6.54 Å². The van der Waals surface area contributed by atoms with Crippen LogP contribution in [0.1, 0.15) is 6.92 Å². The predicted octanol–water partition coefficient (Wildman–Crippen LogP) is 0.304. The molecule has 0 heterocycles. The van der Waals surface area contributed by atoms with Gasteiger partial charge in [-0.3, -0.25) is 4.79 Å². The van der Waals surface area contributed by atoms with Crippen LogP contribution in [0.25, 0.3) is 0 Å². The molecule has 9 heteroatoms. The van der Waals surface area contributed by atoms with E-state index in [-0.39, 0.29) is 12.2 Å². The Morgan fingerprint density at radius 1 is 1.40 bits per heavy atom. The maximum atomic E-state index is 13.7. The Kier molecular flexibility index (Phi) is 5.01. The minimum Gasteiger partial charge on any atom is -0.399 e. The lowest BCUT2D eigenvalue weighted by molar-refractivity contribution is -0.120. The molecule has 0 saturated carbocycles. The zero-order valence-electron chi connectivity index (χ0n) is 11.0. The second-order valence-corrected chi connectivity index (χ2v) is 5.83. The van der Waals surface area contributed by atoms with Crippen LogP contribution in [0, 0.1) is 11.6 Å². The Bertz CT molecular complexity index is 620. The highest BCUT2D eigenvalue weighted by molar-refractivity contribution is 7.89. The predicted molar refractivity (Wildman–Crippen MR) is 69.3 cm³/mol. The van der Waals surface area contributed by atoms with Gasteiger partial charge >= 0.3 is 0 Å². The van der Waals surface area contributed by atoms with Crippen LogP contribution < -0.4 is 11.1 Å². The molecule has 0 atom stereocenters. The van der Waals surface area contributed by atoms with Crippen molar-refractivity contribution < 1.29 is 22.0 Å². The van der Waals surface area contributed by atoms with E-state index in [9.17, 15) is 22.0 Å². The van der Waals surface area contributed by atoms with Crippen molar-refractivity contribution in [2.45, 2.75) is 11.8 Å². The van der Waals surface area contributed by atoms with Crippen molar-refractivity contribution >= 4 is 21.6 Å². The molecule has 3 N–H and O–H groups in total. The van der Waals surface area contributed by atoms with E-state index >= 15 is 0 Å². The summed E-state index contributed by atoms with van der Waals surface area (Å²) >= 11 is 0. The van der Waals surface area contributed by atoms with Crippen LogP contribution in [-0.4, -0.2) is 38.8 Å².